The maximum absolute atomic E-state index is 6.13. The Balaban J connectivity index is 2.10. The maximum atomic E-state index is 6.13. The van der Waals surface area contributed by atoms with Crippen LogP contribution in [0.15, 0.2) is 15.5 Å². The molecule has 1 heterocycles. The topological polar surface area (TPSA) is 37.7 Å². The van der Waals surface area contributed by atoms with Crippen LogP contribution in [0.5, 0.6) is 5.88 Å². The summed E-state index contributed by atoms with van der Waals surface area (Å²) in [6.07, 6.45) is 9.56. The average molecular weight is 368 g/mol. The molecule has 4 nitrogen and oxygen atoms in total. The third kappa shape index (κ3) is 4.97. The molecule has 0 unspecified atom stereocenters. The predicted octanol–water partition coefficient (Wildman–Crippen LogP) is 4.87. The van der Waals surface area contributed by atoms with Gasteiger partial charge in [0.1, 0.15) is 6.10 Å². The fourth-order valence-electron chi connectivity index (χ4n) is 2.52. The van der Waals surface area contributed by atoms with E-state index in [1.165, 1.54) is 25.7 Å². The monoisotopic (exact) mass is 367 g/mol. The molecule has 1 aliphatic rings. The number of aryl methyl sites for hydroxylation is 1. The third-order valence-electron chi connectivity index (χ3n) is 4.08. The van der Waals surface area contributed by atoms with Crippen molar-refractivity contribution >= 4 is 28.0 Å². The Bertz CT molecular complexity index is 511. The van der Waals surface area contributed by atoms with Crippen LogP contribution in [0.25, 0.3) is 0 Å². The van der Waals surface area contributed by atoms with Crippen molar-refractivity contribution in [2.24, 2.45) is 4.99 Å². The number of rotatable bonds is 5. The quantitative estimate of drug-likeness (QED) is 0.423. The molecule has 1 fully saturated rings. The van der Waals surface area contributed by atoms with Gasteiger partial charge < -0.3 is 9.64 Å². The predicted molar refractivity (Wildman–Crippen MR) is 95.2 cm³/mol. The molecule has 0 saturated heterocycles. The first-order valence-electron chi connectivity index (χ1n) is 8.18. The number of aromatic nitrogens is 1. The number of hydrogen-bond acceptors (Lipinski definition) is 3. The number of nitrogens with zero attached hydrogens (tertiary/aromatic N) is 3. The highest BCUT2D eigenvalue weighted by Crippen LogP contribution is 2.32. The number of halogens is 1. The van der Waals surface area contributed by atoms with E-state index in [9.17, 15) is 0 Å². The third-order valence-corrected chi connectivity index (χ3v) is 4.65. The zero-order chi connectivity index (χ0) is 15.9. The number of hydrogen-bond donors (Lipinski definition) is 0. The molecule has 0 atom stereocenters. The van der Waals surface area contributed by atoms with Gasteiger partial charge in [-0.2, -0.15) is 0 Å². The molecular weight excluding hydrogens is 342 g/mol. The molecule has 0 spiro atoms. The van der Waals surface area contributed by atoms with E-state index < -0.39 is 0 Å². The van der Waals surface area contributed by atoms with Crippen molar-refractivity contribution < 1.29 is 4.74 Å². The molecule has 122 valence electrons. The Morgan fingerprint density at radius 3 is 2.68 bits per heavy atom. The second-order valence-electron chi connectivity index (χ2n) is 5.93. The van der Waals surface area contributed by atoms with Crippen LogP contribution in [0.1, 0.15) is 51.1 Å². The van der Waals surface area contributed by atoms with Gasteiger partial charge in [-0.3, -0.25) is 0 Å². The van der Waals surface area contributed by atoms with E-state index in [2.05, 4.69) is 32.8 Å². The van der Waals surface area contributed by atoms with Crippen LogP contribution in [0.4, 0.5) is 5.69 Å². The standard InChI is InChI=1S/C17H26BrN3O/c1-4-21(3)12-19-16-11-15(18)17(20-13(16)2)22-14-9-7-5-6-8-10-14/h11-12,14H,4-10H2,1-3H3. The minimum absolute atomic E-state index is 0.297. The molecule has 1 saturated carbocycles. The zero-order valence-corrected chi connectivity index (χ0v) is 15.4. The van der Waals surface area contributed by atoms with Crippen molar-refractivity contribution in [3.63, 3.8) is 0 Å². The smallest absolute Gasteiger partial charge is 0.228 e. The summed E-state index contributed by atoms with van der Waals surface area (Å²) < 4.78 is 7.01. The van der Waals surface area contributed by atoms with Crippen LogP contribution < -0.4 is 4.74 Å². The maximum Gasteiger partial charge on any atom is 0.228 e. The lowest BCUT2D eigenvalue weighted by Crippen LogP contribution is -2.16. The van der Waals surface area contributed by atoms with E-state index in [0.717, 1.165) is 35.2 Å². The summed E-state index contributed by atoms with van der Waals surface area (Å²) in [5, 5.41) is 0. The summed E-state index contributed by atoms with van der Waals surface area (Å²) in [4.78, 5) is 11.1. The summed E-state index contributed by atoms with van der Waals surface area (Å²) in [5.41, 5.74) is 1.77. The van der Waals surface area contributed by atoms with Crippen molar-refractivity contribution in [1.82, 2.24) is 9.88 Å². The highest BCUT2D eigenvalue weighted by atomic mass is 79.9. The van der Waals surface area contributed by atoms with Crippen molar-refractivity contribution in [2.45, 2.75) is 58.5 Å². The first kappa shape index (κ1) is 17.3. The summed E-state index contributed by atoms with van der Waals surface area (Å²) in [7, 11) is 2.00. The molecule has 1 aliphatic carbocycles. The van der Waals surface area contributed by atoms with Crippen molar-refractivity contribution in [2.75, 3.05) is 13.6 Å². The lowest BCUT2D eigenvalue weighted by atomic mass is 10.1. The average Bonchev–Trinajstić information content (AvgIpc) is 2.77. The minimum atomic E-state index is 0.297. The lowest BCUT2D eigenvalue weighted by molar-refractivity contribution is 0.174. The Kier molecular flexibility index (Phi) is 6.68. The van der Waals surface area contributed by atoms with Gasteiger partial charge in [-0.25, -0.2) is 9.98 Å². The number of ether oxygens (including phenoxy) is 1. The fourth-order valence-corrected chi connectivity index (χ4v) is 2.92. The Hall–Kier alpha value is -1.10. The molecule has 5 heteroatoms. The zero-order valence-electron chi connectivity index (χ0n) is 13.8. The van der Waals surface area contributed by atoms with Gasteiger partial charge in [-0.1, -0.05) is 12.8 Å². The van der Waals surface area contributed by atoms with E-state index in [1.807, 2.05) is 31.3 Å². The Morgan fingerprint density at radius 2 is 2.05 bits per heavy atom. The van der Waals surface area contributed by atoms with E-state index in [0.29, 0.717) is 12.0 Å². The van der Waals surface area contributed by atoms with Gasteiger partial charge >= 0.3 is 0 Å². The van der Waals surface area contributed by atoms with Crippen LogP contribution in [0.2, 0.25) is 0 Å². The minimum Gasteiger partial charge on any atom is -0.474 e. The SMILES string of the molecule is CCN(C)C=Nc1cc(Br)c(OC2CCCCCC2)nc1C. The molecule has 0 aromatic carbocycles. The van der Waals surface area contributed by atoms with Gasteiger partial charge in [0.05, 0.1) is 22.2 Å². The van der Waals surface area contributed by atoms with E-state index in [-0.39, 0.29) is 0 Å². The summed E-state index contributed by atoms with van der Waals surface area (Å²) >= 11 is 3.58. The van der Waals surface area contributed by atoms with Crippen molar-refractivity contribution in [3.05, 3.63) is 16.2 Å². The summed E-state index contributed by atoms with van der Waals surface area (Å²) in [6.45, 7) is 5.00. The molecule has 1 aromatic heterocycles. The Labute approximate surface area is 142 Å². The lowest BCUT2D eigenvalue weighted by Gasteiger charge is -2.18. The van der Waals surface area contributed by atoms with Gasteiger partial charge in [0, 0.05) is 13.6 Å². The number of pyridine rings is 1. The molecular formula is C17H26BrN3O. The largest absolute Gasteiger partial charge is 0.474 e. The molecule has 1 aromatic rings. The van der Waals surface area contributed by atoms with Crippen LogP contribution in [-0.4, -0.2) is 35.9 Å². The van der Waals surface area contributed by atoms with Crippen molar-refractivity contribution in [1.29, 1.82) is 0 Å². The van der Waals surface area contributed by atoms with Crippen LogP contribution in [0, 0.1) is 6.92 Å². The van der Waals surface area contributed by atoms with Crippen LogP contribution >= 0.6 is 15.9 Å². The first-order chi connectivity index (χ1) is 10.6. The van der Waals surface area contributed by atoms with E-state index in [1.54, 1.807) is 0 Å². The molecule has 0 amide bonds. The molecule has 0 N–H and O–H groups in total. The molecule has 22 heavy (non-hydrogen) atoms. The number of aliphatic imine (C=N–C) groups is 1. The van der Waals surface area contributed by atoms with Gasteiger partial charge in [0.15, 0.2) is 0 Å². The molecule has 0 aliphatic heterocycles. The highest BCUT2D eigenvalue weighted by molar-refractivity contribution is 9.10. The van der Waals surface area contributed by atoms with Crippen LogP contribution in [0.3, 0.4) is 0 Å². The second-order valence-corrected chi connectivity index (χ2v) is 6.78. The fraction of sp³-hybridized carbons (Fsp3) is 0.647. The van der Waals surface area contributed by atoms with Crippen molar-refractivity contribution in [3.8, 4) is 5.88 Å². The molecule has 0 bridgehead atoms. The van der Waals surface area contributed by atoms with Gasteiger partial charge in [0.25, 0.3) is 0 Å². The van der Waals surface area contributed by atoms with E-state index >= 15 is 0 Å². The van der Waals surface area contributed by atoms with E-state index in [4.69, 9.17) is 4.74 Å². The van der Waals surface area contributed by atoms with Gasteiger partial charge in [-0.15, -0.1) is 0 Å². The first-order valence-corrected chi connectivity index (χ1v) is 8.97. The summed E-state index contributed by atoms with van der Waals surface area (Å²) in [6, 6.07) is 1.99. The summed E-state index contributed by atoms with van der Waals surface area (Å²) in [5.74, 6) is 0.701. The second kappa shape index (κ2) is 8.51. The highest BCUT2D eigenvalue weighted by Gasteiger charge is 2.17. The molecule has 0 radical (unpaired) electrons. The molecule has 2 rings (SSSR count). The van der Waals surface area contributed by atoms with Gasteiger partial charge in [-0.05, 0) is 61.5 Å². The normalized spacial score (nSPS) is 16.7. The van der Waals surface area contributed by atoms with Gasteiger partial charge in [0.2, 0.25) is 5.88 Å². The van der Waals surface area contributed by atoms with Crippen LogP contribution in [-0.2, 0) is 0 Å². The Morgan fingerprint density at radius 1 is 1.36 bits per heavy atom.